The molecular formula is C27H35N3O3. The van der Waals surface area contributed by atoms with Gasteiger partial charge in [0.05, 0.1) is 6.61 Å². The number of benzene rings is 2. The van der Waals surface area contributed by atoms with Crippen molar-refractivity contribution in [3.8, 4) is 0 Å². The normalized spacial score (nSPS) is 15.9. The van der Waals surface area contributed by atoms with Gasteiger partial charge in [-0.15, -0.1) is 0 Å². The molecule has 0 radical (unpaired) electrons. The Morgan fingerprint density at radius 3 is 2.48 bits per heavy atom. The number of amides is 2. The quantitative estimate of drug-likeness (QED) is 0.559. The lowest BCUT2D eigenvalue weighted by molar-refractivity contribution is -0.120. The number of carbonyl (C=O) groups is 2. The van der Waals surface area contributed by atoms with Crippen LogP contribution < -0.4 is 5.32 Å². The second-order valence-electron chi connectivity index (χ2n) is 8.57. The topological polar surface area (TPSA) is 61.9 Å². The van der Waals surface area contributed by atoms with E-state index in [1.165, 1.54) is 11.1 Å². The first kappa shape index (κ1) is 24.7. The minimum absolute atomic E-state index is 0.231. The van der Waals surface area contributed by atoms with Crippen molar-refractivity contribution in [2.24, 2.45) is 0 Å². The number of hydrogen-bond donors (Lipinski definition) is 1. The number of ether oxygens (including phenoxy) is 1. The van der Waals surface area contributed by atoms with E-state index < -0.39 is 5.54 Å². The predicted molar refractivity (Wildman–Crippen MR) is 132 cm³/mol. The Morgan fingerprint density at radius 1 is 1.12 bits per heavy atom. The smallest absolute Gasteiger partial charge is 0.318 e. The lowest BCUT2D eigenvalue weighted by Crippen LogP contribution is -2.61. The molecule has 0 spiro atoms. The summed E-state index contributed by atoms with van der Waals surface area (Å²) < 4.78 is 5.24. The van der Waals surface area contributed by atoms with Crippen LogP contribution in [0.5, 0.6) is 0 Å². The number of rotatable bonds is 10. The molecule has 2 amide bonds. The number of hydrogen-bond acceptors (Lipinski definition) is 4. The van der Waals surface area contributed by atoms with Crippen LogP contribution in [-0.4, -0.2) is 67.6 Å². The van der Waals surface area contributed by atoms with Crippen molar-refractivity contribution >= 4 is 18.4 Å². The maximum atomic E-state index is 13.1. The van der Waals surface area contributed by atoms with Gasteiger partial charge in [0.15, 0.2) is 0 Å². The highest BCUT2D eigenvalue weighted by atomic mass is 16.5. The molecule has 1 heterocycles. The van der Waals surface area contributed by atoms with E-state index in [-0.39, 0.29) is 6.03 Å². The highest BCUT2D eigenvalue weighted by molar-refractivity contribution is 5.81. The molecule has 3 rings (SSSR count). The monoisotopic (exact) mass is 449 g/mol. The Bertz CT molecular complexity index is 921. The fourth-order valence-corrected chi connectivity index (χ4v) is 4.30. The molecule has 6 nitrogen and oxygen atoms in total. The number of aldehydes is 1. The van der Waals surface area contributed by atoms with Gasteiger partial charge >= 0.3 is 6.03 Å². The summed E-state index contributed by atoms with van der Waals surface area (Å²) in [5.74, 6) is 0. The summed E-state index contributed by atoms with van der Waals surface area (Å²) in [5, 5.41) is 2.96. The van der Waals surface area contributed by atoms with Crippen LogP contribution in [-0.2, 0) is 16.1 Å². The Hall–Kier alpha value is -2.96. The molecular weight excluding hydrogens is 414 g/mol. The highest BCUT2D eigenvalue weighted by Crippen LogP contribution is 2.28. The standard InChI is InChI=1S/C27H35N3O3/c1-23-9-6-7-12-25(23)13-8-16-28-26(32)30(19-20-33-2)27(22-31)14-17-29(18-15-27)21-24-10-4-3-5-11-24/h3-13,22H,14-21H2,1-2H3,(H,28,32)/b13-8+. The Labute approximate surface area is 197 Å². The Morgan fingerprint density at radius 2 is 1.82 bits per heavy atom. The zero-order valence-corrected chi connectivity index (χ0v) is 19.7. The summed E-state index contributed by atoms with van der Waals surface area (Å²) in [6.07, 6.45) is 6.13. The van der Waals surface area contributed by atoms with E-state index in [9.17, 15) is 9.59 Å². The number of carbonyl (C=O) groups excluding carboxylic acids is 2. The van der Waals surface area contributed by atoms with E-state index in [2.05, 4.69) is 35.3 Å². The molecule has 1 aliphatic rings. The highest BCUT2D eigenvalue weighted by Gasteiger charge is 2.42. The number of urea groups is 1. The van der Waals surface area contributed by atoms with Crippen LogP contribution in [0, 0.1) is 6.92 Å². The summed E-state index contributed by atoms with van der Waals surface area (Å²) in [6, 6.07) is 18.2. The number of aryl methyl sites for hydroxylation is 1. The van der Waals surface area contributed by atoms with Crippen molar-refractivity contribution < 1.29 is 14.3 Å². The number of methoxy groups -OCH3 is 1. The van der Waals surface area contributed by atoms with Crippen molar-refractivity contribution in [2.45, 2.75) is 31.8 Å². The second kappa shape index (κ2) is 12.3. The third kappa shape index (κ3) is 6.76. The molecule has 1 saturated heterocycles. The van der Waals surface area contributed by atoms with Crippen molar-refractivity contribution in [2.75, 3.05) is 39.9 Å². The first-order valence-electron chi connectivity index (χ1n) is 11.6. The fourth-order valence-electron chi connectivity index (χ4n) is 4.30. The van der Waals surface area contributed by atoms with Gasteiger partial charge in [0.1, 0.15) is 11.8 Å². The molecule has 2 aromatic carbocycles. The molecule has 2 aromatic rings. The van der Waals surface area contributed by atoms with Gasteiger partial charge in [-0.2, -0.15) is 0 Å². The summed E-state index contributed by atoms with van der Waals surface area (Å²) in [6.45, 7) is 5.59. The van der Waals surface area contributed by atoms with Crippen molar-refractivity contribution in [3.63, 3.8) is 0 Å². The Kier molecular flexibility index (Phi) is 9.22. The average Bonchev–Trinajstić information content (AvgIpc) is 2.85. The molecule has 0 saturated carbocycles. The van der Waals surface area contributed by atoms with Gasteiger partial charge in [0, 0.05) is 39.8 Å². The molecule has 0 atom stereocenters. The first-order chi connectivity index (χ1) is 16.1. The first-order valence-corrected chi connectivity index (χ1v) is 11.6. The minimum atomic E-state index is -0.810. The third-order valence-electron chi connectivity index (χ3n) is 6.35. The molecule has 176 valence electrons. The third-order valence-corrected chi connectivity index (χ3v) is 6.35. The van der Waals surface area contributed by atoms with Crippen molar-refractivity contribution in [1.29, 1.82) is 0 Å². The molecule has 6 heteroatoms. The zero-order chi connectivity index (χ0) is 23.5. The van der Waals surface area contributed by atoms with Gasteiger partial charge < -0.3 is 19.7 Å². The minimum Gasteiger partial charge on any atom is -0.383 e. The van der Waals surface area contributed by atoms with Crippen LogP contribution in [0.4, 0.5) is 4.79 Å². The molecule has 1 N–H and O–H groups in total. The maximum Gasteiger partial charge on any atom is 0.318 e. The lowest BCUT2D eigenvalue weighted by Gasteiger charge is -2.45. The largest absolute Gasteiger partial charge is 0.383 e. The molecule has 1 fully saturated rings. The van der Waals surface area contributed by atoms with E-state index in [0.717, 1.165) is 31.5 Å². The number of likely N-dealkylation sites (tertiary alicyclic amines) is 1. The molecule has 33 heavy (non-hydrogen) atoms. The average molecular weight is 450 g/mol. The van der Waals surface area contributed by atoms with E-state index >= 15 is 0 Å². The molecule has 1 aliphatic heterocycles. The van der Waals surface area contributed by atoms with Crippen molar-refractivity contribution in [3.05, 3.63) is 77.4 Å². The molecule has 0 bridgehead atoms. The SMILES string of the molecule is COCCN(C(=O)NC/C=C/c1ccccc1C)C1(C=O)CCN(Cc2ccccc2)CC1. The van der Waals surface area contributed by atoms with Gasteiger partial charge in [0.2, 0.25) is 0 Å². The van der Waals surface area contributed by atoms with Crippen LogP contribution >= 0.6 is 0 Å². The summed E-state index contributed by atoms with van der Waals surface area (Å²) >= 11 is 0. The fraction of sp³-hybridized carbons (Fsp3) is 0.407. The number of nitrogens with one attached hydrogen (secondary N) is 1. The van der Waals surface area contributed by atoms with Crippen LogP contribution in [0.15, 0.2) is 60.7 Å². The van der Waals surface area contributed by atoms with Gasteiger partial charge in [-0.1, -0.05) is 66.7 Å². The van der Waals surface area contributed by atoms with Crippen molar-refractivity contribution in [1.82, 2.24) is 15.1 Å². The number of nitrogens with zero attached hydrogens (tertiary/aromatic N) is 2. The molecule has 0 aliphatic carbocycles. The van der Waals surface area contributed by atoms with Gasteiger partial charge in [0.25, 0.3) is 0 Å². The summed E-state index contributed by atoms with van der Waals surface area (Å²) in [5.41, 5.74) is 2.75. The summed E-state index contributed by atoms with van der Waals surface area (Å²) in [4.78, 5) is 29.4. The van der Waals surface area contributed by atoms with E-state index in [1.54, 1.807) is 12.0 Å². The molecule has 0 unspecified atom stereocenters. The second-order valence-corrected chi connectivity index (χ2v) is 8.57. The maximum absolute atomic E-state index is 13.1. The van der Waals surface area contributed by atoms with Gasteiger partial charge in [-0.05, 0) is 36.5 Å². The number of piperidine rings is 1. The predicted octanol–water partition coefficient (Wildman–Crippen LogP) is 3.90. The van der Waals surface area contributed by atoms with E-state index in [0.29, 0.717) is 32.5 Å². The lowest BCUT2D eigenvalue weighted by atomic mass is 9.87. The molecule has 0 aromatic heterocycles. The van der Waals surface area contributed by atoms with Crippen LogP contribution in [0.3, 0.4) is 0 Å². The van der Waals surface area contributed by atoms with Gasteiger partial charge in [-0.25, -0.2) is 4.79 Å². The van der Waals surface area contributed by atoms with Gasteiger partial charge in [-0.3, -0.25) is 4.90 Å². The summed E-state index contributed by atoms with van der Waals surface area (Å²) in [7, 11) is 1.61. The van der Waals surface area contributed by atoms with Crippen LogP contribution in [0.1, 0.15) is 29.5 Å². The van der Waals surface area contributed by atoms with Crippen LogP contribution in [0.25, 0.3) is 6.08 Å². The van der Waals surface area contributed by atoms with E-state index in [1.807, 2.05) is 48.6 Å². The zero-order valence-electron chi connectivity index (χ0n) is 19.7. The van der Waals surface area contributed by atoms with Crippen LogP contribution in [0.2, 0.25) is 0 Å². The van der Waals surface area contributed by atoms with E-state index in [4.69, 9.17) is 4.74 Å². The Balaban J connectivity index is 1.61.